The fourth-order valence-electron chi connectivity index (χ4n) is 3.10. The maximum absolute atomic E-state index is 12.8. The monoisotopic (exact) mass is 428 g/mol. The quantitative estimate of drug-likeness (QED) is 0.614. The van der Waals surface area contributed by atoms with Crippen molar-refractivity contribution in [3.8, 4) is 0 Å². The highest BCUT2D eigenvalue weighted by Gasteiger charge is 2.48. The minimum absolute atomic E-state index is 0.147. The lowest BCUT2D eigenvalue weighted by Crippen LogP contribution is -2.42. The van der Waals surface area contributed by atoms with E-state index in [2.05, 4.69) is 16.0 Å². The Balaban J connectivity index is 1.51. The van der Waals surface area contributed by atoms with Gasteiger partial charge in [-0.15, -0.1) is 0 Å². The minimum Gasteiger partial charge on any atom is -0.334 e. The zero-order chi connectivity index (χ0) is 21.7. The molecule has 1 heterocycles. The van der Waals surface area contributed by atoms with Gasteiger partial charge in [0.2, 0.25) is 5.91 Å². The molecule has 2 aromatic rings. The number of hydrogen-bond donors (Lipinski definition) is 3. The number of imide groups is 2. The Morgan fingerprint density at radius 3 is 2.40 bits per heavy atom. The van der Waals surface area contributed by atoms with Crippen LogP contribution in [-0.2, 0) is 21.7 Å². The fourth-order valence-corrected chi connectivity index (χ4v) is 3.23. The number of nitrogens with one attached hydrogen (secondary N) is 3. The molecule has 1 aliphatic heterocycles. The number of halogens is 1. The number of carbonyl (C=O) groups is 4. The van der Waals surface area contributed by atoms with Crippen LogP contribution in [0.25, 0.3) is 0 Å². The highest BCUT2D eigenvalue weighted by atomic mass is 35.5. The van der Waals surface area contributed by atoms with Gasteiger partial charge in [-0.05, 0) is 30.2 Å². The topological polar surface area (TPSA) is 108 Å². The van der Waals surface area contributed by atoms with E-state index in [1.807, 2.05) is 30.3 Å². The van der Waals surface area contributed by atoms with Crippen molar-refractivity contribution < 1.29 is 19.2 Å². The molecule has 9 heteroatoms. The number of urea groups is 2. The summed E-state index contributed by atoms with van der Waals surface area (Å²) >= 11 is 5.88. The zero-order valence-electron chi connectivity index (χ0n) is 16.3. The van der Waals surface area contributed by atoms with Gasteiger partial charge in [0.15, 0.2) is 0 Å². The fraction of sp³-hybridized carbons (Fsp3) is 0.238. The Labute approximate surface area is 178 Å². The second-order valence-electron chi connectivity index (χ2n) is 6.99. The van der Waals surface area contributed by atoms with Crippen molar-refractivity contribution in [1.29, 1.82) is 0 Å². The lowest BCUT2D eigenvalue weighted by molar-refractivity contribution is -0.131. The normalized spacial score (nSPS) is 18.1. The summed E-state index contributed by atoms with van der Waals surface area (Å²) in [5, 5.41) is 7.93. The molecule has 1 aliphatic rings. The van der Waals surface area contributed by atoms with Gasteiger partial charge in [-0.3, -0.25) is 19.8 Å². The Morgan fingerprint density at radius 2 is 1.73 bits per heavy atom. The van der Waals surface area contributed by atoms with Crippen molar-refractivity contribution in [1.82, 2.24) is 20.9 Å². The average Bonchev–Trinajstić information content (AvgIpc) is 2.95. The third-order valence-electron chi connectivity index (χ3n) is 4.81. The van der Waals surface area contributed by atoms with Crippen LogP contribution in [0.15, 0.2) is 54.6 Å². The second-order valence-corrected chi connectivity index (χ2v) is 7.42. The molecule has 0 spiro atoms. The molecule has 0 aliphatic carbocycles. The molecular weight excluding hydrogens is 408 g/mol. The Kier molecular flexibility index (Phi) is 6.37. The van der Waals surface area contributed by atoms with Crippen molar-refractivity contribution in [3.05, 3.63) is 70.7 Å². The van der Waals surface area contributed by atoms with Crippen LogP contribution >= 0.6 is 11.6 Å². The molecule has 3 N–H and O–H groups in total. The smallest absolute Gasteiger partial charge is 0.325 e. The lowest BCUT2D eigenvalue weighted by Gasteiger charge is -2.22. The highest BCUT2D eigenvalue weighted by Crippen LogP contribution is 2.29. The summed E-state index contributed by atoms with van der Waals surface area (Å²) in [6.45, 7) is 1.71. The van der Waals surface area contributed by atoms with Gasteiger partial charge in [-0.2, -0.15) is 0 Å². The summed E-state index contributed by atoms with van der Waals surface area (Å²) in [5.41, 5.74) is 0.226. The van der Waals surface area contributed by atoms with Gasteiger partial charge in [0.05, 0.1) is 0 Å². The van der Waals surface area contributed by atoms with Gasteiger partial charge in [-0.25, -0.2) is 9.59 Å². The first-order chi connectivity index (χ1) is 14.3. The molecule has 30 heavy (non-hydrogen) atoms. The minimum atomic E-state index is -1.24. The summed E-state index contributed by atoms with van der Waals surface area (Å²) in [6.07, 6.45) is -0.200. The van der Waals surface area contributed by atoms with Crippen molar-refractivity contribution in [2.24, 2.45) is 0 Å². The van der Waals surface area contributed by atoms with Crippen LogP contribution in [-0.4, -0.2) is 35.3 Å². The van der Waals surface area contributed by atoms with E-state index < -0.39 is 29.4 Å². The third-order valence-corrected chi connectivity index (χ3v) is 5.06. The van der Waals surface area contributed by atoms with Crippen LogP contribution in [0.3, 0.4) is 0 Å². The van der Waals surface area contributed by atoms with Gasteiger partial charge >= 0.3 is 12.1 Å². The molecule has 0 saturated carbocycles. The summed E-state index contributed by atoms with van der Waals surface area (Å²) in [7, 11) is 0. The standard InChI is InChI=1S/C21H21ClN4O4/c1-21(15-7-9-16(22)10-8-15)18(28)26(20(30)25-21)12-11-17(27)24-19(29)23-13-14-5-3-2-4-6-14/h2-10H,11-13H2,1H3,(H,25,30)(H2,23,24,27,29). The summed E-state index contributed by atoms with van der Waals surface area (Å²) in [5.74, 6) is -1.07. The van der Waals surface area contributed by atoms with Gasteiger partial charge in [0, 0.05) is 24.5 Å². The number of benzene rings is 2. The number of amides is 6. The van der Waals surface area contributed by atoms with Gasteiger partial charge < -0.3 is 10.6 Å². The van der Waals surface area contributed by atoms with E-state index in [0.29, 0.717) is 10.6 Å². The number of nitrogens with zero attached hydrogens (tertiary/aromatic N) is 1. The molecule has 156 valence electrons. The first kappa shape index (κ1) is 21.3. The van der Waals surface area contributed by atoms with Crippen LogP contribution in [0.2, 0.25) is 5.02 Å². The van der Waals surface area contributed by atoms with E-state index in [4.69, 9.17) is 11.6 Å². The van der Waals surface area contributed by atoms with Crippen molar-refractivity contribution in [3.63, 3.8) is 0 Å². The third kappa shape index (κ3) is 4.77. The molecule has 1 atom stereocenters. The van der Waals surface area contributed by atoms with Gasteiger partial charge in [-0.1, -0.05) is 54.1 Å². The van der Waals surface area contributed by atoms with Crippen LogP contribution < -0.4 is 16.0 Å². The maximum Gasteiger partial charge on any atom is 0.325 e. The number of hydrogen-bond acceptors (Lipinski definition) is 4. The Morgan fingerprint density at radius 1 is 1.07 bits per heavy atom. The van der Waals surface area contributed by atoms with Crippen LogP contribution in [0, 0.1) is 0 Å². The molecule has 8 nitrogen and oxygen atoms in total. The second kappa shape index (κ2) is 8.96. The van der Waals surface area contributed by atoms with E-state index in [1.165, 1.54) is 0 Å². The van der Waals surface area contributed by atoms with Gasteiger partial charge in [0.25, 0.3) is 5.91 Å². The molecule has 1 unspecified atom stereocenters. The molecule has 0 bridgehead atoms. The number of rotatable bonds is 6. The average molecular weight is 429 g/mol. The van der Waals surface area contributed by atoms with E-state index in [0.717, 1.165) is 10.5 Å². The van der Waals surface area contributed by atoms with Crippen molar-refractivity contribution in [2.75, 3.05) is 6.54 Å². The summed E-state index contributed by atoms with van der Waals surface area (Å²) in [4.78, 5) is 50.0. The highest BCUT2D eigenvalue weighted by molar-refractivity contribution is 6.30. The molecular formula is C21H21ClN4O4. The molecule has 0 radical (unpaired) electrons. The van der Waals surface area contributed by atoms with E-state index in [9.17, 15) is 19.2 Å². The Hall–Kier alpha value is -3.39. The van der Waals surface area contributed by atoms with E-state index in [-0.39, 0.29) is 19.5 Å². The summed E-state index contributed by atoms with van der Waals surface area (Å²) < 4.78 is 0. The molecule has 3 rings (SSSR count). The van der Waals surface area contributed by atoms with Crippen LogP contribution in [0.5, 0.6) is 0 Å². The maximum atomic E-state index is 12.8. The molecule has 1 saturated heterocycles. The molecule has 0 aromatic heterocycles. The molecule has 2 aromatic carbocycles. The summed E-state index contributed by atoms with van der Waals surface area (Å²) in [6, 6.07) is 14.6. The molecule has 1 fully saturated rings. The van der Waals surface area contributed by atoms with Crippen LogP contribution in [0.1, 0.15) is 24.5 Å². The first-order valence-electron chi connectivity index (χ1n) is 9.31. The van der Waals surface area contributed by atoms with Crippen molar-refractivity contribution >= 4 is 35.5 Å². The number of carbonyl (C=O) groups excluding carboxylic acids is 4. The predicted octanol–water partition coefficient (Wildman–Crippen LogP) is 2.52. The first-order valence-corrected chi connectivity index (χ1v) is 9.69. The Bertz CT molecular complexity index is 965. The molecule has 6 amide bonds. The zero-order valence-corrected chi connectivity index (χ0v) is 17.0. The lowest BCUT2D eigenvalue weighted by atomic mass is 9.92. The van der Waals surface area contributed by atoms with Crippen molar-refractivity contribution in [2.45, 2.75) is 25.4 Å². The van der Waals surface area contributed by atoms with E-state index >= 15 is 0 Å². The van der Waals surface area contributed by atoms with E-state index in [1.54, 1.807) is 31.2 Å². The van der Waals surface area contributed by atoms with Crippen LogP contribution in [0.4, 0.5) is 9.59 Å². The predicted molar refractivity (Wildman–Crippen MR) is 110 cm³/mol. The largest absolute Gasteiger partial charge is 0.334 e. The SMILES string of the molecule is CC1(c2ccc(Cl)cc2)NC(=O)N(CCC(=O)NC(=O)NCc2ccccc2)C1=O. The van der Waals surface area contributed by atoms with Gasteiger partial charge in [0.1, 0.15) is 5.54 Å².